The zero-order valence-electron chi connectivity index (χ0n) is 13.8. The second kappa shape index (κ2) is 6.77. The molecule has 7 heteroatoms. The van der Waals surface area contributed by atoms with E-state index in [4.69, 9.17) is 0 Å². The van der Waals surface area contributed by atoms with Crippen LogP contribution in [-0.2, 0) is 20.2 Å². The van der Waals surface area contributed by atoms with Crippen molar-refractivity contribution in [2.24, 2.45) is 0 Å². The summed E-state index contributed by atoms with van der Waals surface area (Å²) in [7, 11) is -3.25. The van der Waals surface area contributed by atoms with Crippen LogP contribution in [0.4, 0.5) is 0 Å². The number of rotatable bonds is 4. The number of piperidine rings is 1. The van der Waals surface area contributed by atoms with Crippen molar-refractivity contribution in [1.29, 1.82) is 0 Å². The van der Waals surface area contributed by atoms with Crippen LogP contribution in [0.3, 0.4) is 0 Å². The molecule has 1 aromatic rings. The second-order valence-electron chi connectivity index (χ2n) is 6.92. The number of sulfonamides is 1. The summed E-state index contributed by atoms with van der Waals surface area (Å²) in [6.07, 6.45) is 5.57. The number of halogens is 1. The molecule has 0 radical (unpaired) electrons. The van der Waals surface area contributed by atoms with E-state index in [2.05, 4.69) is 20.7 Å². The molecule has 0 bridgehead atoms. The van der Waals surface area contributed by atoms with Gasteiger partial charge in [0.15, 0.2) is 0 Å². The molecule has 1 unspecified atom stereocenters. The van der Waals surface area contributed by atoms with Gasteiger partial charge in [-0.1, -0.05) is 34.5 Å². The molecule has 1 N–H and O–H groups in total. The molecule has 132 valence electrons. The zero-order chi connectivity index (χ0) is 17.4. The highest BCUT2D eigenvalue weighted by Crippen LogP contribution is 2.45. The van der Waals surface area contributed by atoms with Gasteiger partial charge in [-0.05, 0) is 43.4 Å². The predicted octanol–water partition coefficient (Wildman–Crippen LogP) is 2.41. The minimum atomic E-state index is -3.25. The molecule has 1 aliphatic heterocycles. The lowest BCUT2D eigenvalue weighted by atomic mass is 9.63. The maximum absolute atomic E-state index is 13.2. The molecule has 0 spiro atoms. The highest BCUT2D eigenvalue weighted by Gasteiger charge is 2.48. The lowest BCUT2D eigenvalue weighted by Gasteiger charge is -2.46. The summed E-state index contributed by atoms with van der Waals surface area (Å²) in [5.74, 6) is 0.149. The van der Waals surface area contributed by atoms with E-state index in [0.717, 1.165) is 42.1 Å². The first kappa shape index (κ1) is 17.9. The molecule has 1 aromatic carbocycles. The summed E-state index contributed by atoms with van der Waals surface area (Å²) in [4.78, 5) is 15.1. The Balaban J connectivity index is 1.77. The lowest BCUT2D eigenvalue weighted by Crippen LogP contribution is -2.56. The Morgan fingerprint density at radius 2 is 1.92 bits per heavy atom. The summed E-state index contributed by atoms with van der Waals surface area (Å²) in [6.45, 7) is 1.17. The Kier molecular flexibility index (Phi) is 5.04. The number of nitrogens with one attached hydrogen (secondary N) is 1. The van der Waals surface area contributed by atoms with Crippen LogP contribution < -0.4 is 4.72 Å². The number of likely N-dealkylation sites (tertiary alicyclic amines) is 1. The first-order chi connectivity index (χ1) is 11.3. The van der Waals surface area contributed by atoms with Gasteiger partial charge >= 0.3 is 0 Å². The van der Waals surface area contributed by atoms with E-state index < -0.39 is 15.4 Å². The average Bonchev–Trinajstić information content (AvgIpc) is 2.46. The van der Waals surface area contributed by atoms with E-state index in [1.807, 2.05) is 29.2 Å². The topological polar surface area (TPSA) is 66.5 Å². The molecule has 2 aliphatic rings. The smallest absolute Gasteiger partial charge is 0.233 e. The van der Waals surface area contributed by atoms with Gasteiger partial charge in [-0.3, -0.25) is 4.79 Å². The fraction of sp³-hybridized carbons (Fsp3) is 0.588. The van der Waals surface area contributed by atoms with Crippen molar-refractivity contribution >= 4 is 31.9 Å². The molecule has 1 saturated carbocycles. The SMILES string of the molecule is CS(=O)(=O)NC1CCCN(C(=O)C2(c3ccc(Br)cc3)CCC2)C1. The van der Waals surface area contributed by atoms with Crippen LogP contribution in [0.15, 0.2) is 28.7 Å². The number of carbonyl (C=O) groups excluding carboxylic acids is 1. The van der Waals surface area contributed by atoms with Crippen molar-refractivity contribution in [3.05, 3.63) is 34.3 Å². The van der Waals surface area contributed by atoms with Crippen molar-refractivity contribution < 1.29 is 13.2 Å². The molecular weight excluding hydrogens is 392 g/mol. The van der Waals surface area contributed by atoms with Gasteiger partial charge in [0.1, 0.15) is 0 Å². The number of nitrogens with zero attached hydrogens (tertiary/aromatic N) is 1. The molecule has 2 fully saturated rings. The highest BCUT2D eigenvalue weighted by atomic mass is 79.9. The van der Waals surface area contributed by atoms with Crippen LogP contribution in [-0.4, -0.2) is 44.6 Å². The Labute approximate surface area is 152 Å². The van der Waals surface area contributed by atoms with Crippen molar-refractivity contribution in [3.63, 3.8) is 0 Å². The van der Waals surface area contributed by atoms with Gasteiger partial charge in [0.05, 0.1) is 11.7 Å². The lowest BCUT2D eigenvalue weighted by molar-refractivity contribution is -0.142. The molecular formula is C17H23BrN2O3S. The Hall–Kier alpha value is -0.920. The number of hydrogen-bond acceptors (Lipinski definition) is 3. The fourth-order valence-corrected chi connectivity index (χ4v) is 4.85. The highest BCUT2D eigenvalue weighted by molar-refractivity contribution is 9.10. The minimum absolute atomic E-state index is 0.149. The van der Waals surface area contributed by atoms with Gasteiger partial charge in [-0.25, -0.2) is 13.1 Å². The molecule has 1 atom stereocenters. The van der Waals surface area contributed by atoms with E-state index in [0.29, 0.717) is 13.1 Å². The van der Waals surface area contributed by atoms with Crippen LogP contribution in [0, 0.1) is 0 Å². The van der Waals surface area contributed by atoms with Crippen molar-refractivity contribution in [3.8, 4) is 0 Å². The maximum atomic E-state index is 13.2. The van der Waals surface area contributed by atoms with E-state index in [-0.39, 0.29) is 11.9 Å². The molecule has 1 saturated heterocycles. The van der Waals surface area contributed by atoms with Crippen LogP contribution >= 0.6 is 15.9 Å². The molecule has 1 heterocycles. The average molecular weight is 415 g/mol. The number of amides is 1. The number of benzene rings is 1. The third-order valence-electron chi connectivity index (χ3n) is 5.10. The molecule has 1 aliphatic carbocycles. The largest absolute Gasteiger partial charge is 0.340 e. The maximum Gasteiger partial charge on any atom is 0.233 e. The minimum Gasteiger partial charge on any atom is -0.340 e. The fourth-order valence-electron chi connectivity index (χ4n) is 3.79. The van der Waals surface area contributed by atoms with Gasteiger partial charge in [-0.15, -0.1) is 0 Å². The monoisotopic (exact) mass is 414 g/mol. The third-order valence-corrected chi connectivity index (χ3v) is 6.39. The predicted molar refractivity (Wildman–Crippen MR) is 97.3 cm³/mol. The Morgan fingerprint density at radius 1 is 1.25 bits per heavy atom. The van der Waals surface area contributed by atoms with Crippen molar-refractivity contribution in [2.75, 3.05) is 19.3 Å². The Bertz CT molecular complexity index is 714. The van der Waals surface area contributed by atoms with Crippen molar-refractivity contribution in [1.82, 2.24) is 9.62 Å². The van der Waals surface area contributed by atoms with Crippen LogP contribution in [0.25, 0.3) is 0 Å². The van der Waals surface area contributed by atoms with E-state index in [1.165, 1.54) is 6.26 Å². The van der Waals surface area contributed by atoms with Crippen LogP contribution in [0.2, 0.25) is 0 Å². The molecule has 1 amide bonds. The van der Waals surface area contributed by atoms with Gasteiger partial charge in [-0.2, -0.15) is 0 Å². The number of carbonyl (C=O) groups is 1. The summed E-state index contributed by atoms with van der Waals surface area (Å²) < 4.78 is 26.6. The van der Waals surface area contributed by atoms with Crippen molar-refractivity contribution in [2.45, 2.75) is 43.6 Å². The van der Waals surface area contributed by atoms with Gasteiger partial charge in [0.2, 0.25) is 15.9 Å². The summed E-state index contributed by atoms with van der Waals surface area (Å²) in [6, 6.07) is 7.83. The van der Waals surface area contributed by atoms with Gasteiger partial charge in [0, 0.05) is 23.6 Å². The third kappa shape index (κ3) is 3.68. The summed E-state index contributed by atoms with van der Waals surface area (Å²) in [5.41, 5.74) is 0.647. The standard InChI is InChI=1S/C17H23BrN2O3S/c1-24(22,23)19-15-4-2-11-20(12-15)16(21)17(9-3-10-17)13-5-7-14(18)8-6-13/h5-8,15,19H,2-4,9-12H2,1H3. The second-order valence-corrected chi connectivity index (χ2v) is 9.62. The number of hydrogen-bond donors (Lipinski definition) is 1. The quantitative estimate of drug-likeness (QED) is 0.822. The van der Waals surface area contributed by atoms with E-state index in [9.17, 15) is 13.2 Å². The summed E-state index contributed by atoms with van der Waals surface area (Å²) >= 11 is 3.44. The van der Waals surface area contributed by atoms with E-state index >= 15 is 0 Å². The normalized spacial score (nSPS) is 23.6. The molecule has 24 heavy (non-hydrogen) atoms. The van der Waals surface area contributed by atoms with Gasteiger partial charge < -0.3 is 4.90 Å². The molecule has 5 nitrogen and oxygen atoms in total. The Morgan fingerprint density at radius 3 is 2.46 bits per heavy atom. The first-order valence-electron chi connectivity index (χ1n) is 8.33. The molecule has 3 rings (SSSR count). The van der Waals surface area contributed by atoms with Crippen LogP contribution in [0.5, 0.6) is 0 Å². The van der Waals surface area contributed by atoms with E-state index in [1.54, 1.807) is 0 Å². The summed E-state index contributed by atoms with van der Waals surface area (Å²) in [5, 5.41) is 0. The zero-order valence-corrected chi connectivity index (χ0v) is 16.2. The van der Waals surface area contributed by atoms with Crippen LogP contribution in [0.1, 0.15) is 37.7 Å². The van der Waals surface area contributed by atoms with Gasteiger partial charge in [0.25, 0.3) is 0 Å². The first-order valence-corrected chi connectivity index (χ1v) is 11.0. The molecule has 0 aromatic heterocycles.